The molecule has 31 heavy (non-hydrogen) atoms. The molecule has 0 aliphatic heterocycles. The molecule has 0 aliphatic carbocycles. The van der Waals surface area contributed by atoms with Crippen LogP contribution in [0.1, 0.15) is 87.9 Å². The highest BCUT2D eigenvalue weighted by atomic mass is 16.3. The Morgan fingerprint density at radius 3 is 2.10 bits per heavy atom. The molecule has 1 aromatic carbocycles. The highest BCUT2D eigenvalue weighted by Crippen LogP contribution is 2.16. The van der Waals surface area contributed by atoms with E-state index in [0.717, 1.165) is 12.8 Å². The van der Waals surface area contributed by atoms with Crippen LogP contribution in [0.15, 0.2) is 36.4 Å². The summed E-state index contributed by atoms with van der Waals surface area (Å²) in [5.74, 6) is -0.760. The topological polar surface area (TPSA) is 110 Å². The normalized spacial score (nSPS) is 14.5. The van der Waals surface area contributed by atoms with Gasteiger partial charge >= 0.3 is 0 Å². The predicted molar refractivity (Wildman–Crippen MR) is 124 cm³/mol. The van der Waals surface area contributed by atoms with Gasteiger partial charge in [-0.05, 0) is 18.6 Å². The predicted octanol–water partition coefficient (Wildman–Crippen LogP) is 4.07. The highest BCUT2D eigenvalue weighted by Gasteiger charge is 2.20. The number of rotatable bonds is 17. The molecule has 0 bridgehead atoms. The van der Waals surface area contributed by atoms with Crippen molar-refractivity contribution in [1.29, 1.82) is 0 Å². The number of unbranched alkanes of at least 4 members (excludes halogenated alkanes) is 9. The quantitative estimate of drug-likeness (QED) is 0.187. The number of phenolic OH excluding ortho intramolecular Hbond substituents is 1. The van der Waals surface area contributed by atoms with E-state index in [1.54, 1.807) is 12.1 Å². The van der Waals surface area contributed by atoms with Crippen LogP contribution >= 0.6 is 0 Å². The van der Waals surface area contributed by atoms with E-state index < -0.39 is 30.8 Å². The lowest BCUT2D eigenvalue weighted by Gasteiger charge is -2.20. The van der Waals surface area contributed by atoms with E-state index in [4.69, 9.17) is 0 Å². The van der Waals surface area contributed by atoms with Gasteiger partial charge < -0.3 is 25.7 Å². The molecule has 0 aromatic heterocycles. The summed E-state index contributed by atoms with van der Waals surface area (Å²) in [6, 6.07) is 5.13. The maximum absolute atomic E-state index is 12.2. The van der Waals surface area contributed by atoms with Crippen molar-refractivity contribution in [2.24, 2.45) is 0 Å². The first-order chi connectivity index (χ1) is 15.0. The van der Waals surface area contributed by atoms with Crippen molar-refractivity contribution in [2.75, 3.05) is 6.61 Å². The average molecular weight is 436 g/mol. The molecule has 0 saturated heterocycles. The van der Waals surface area contributed by atoms with Crippen molar-refractivity contribution in [3.8, 4) is 5.75 Å². The number of carbonyl (C=O) groups excluding carboxylic acids is 1. The van der Waals surface area contributed by atoms with E-state index in [-0.39, 0.29) is 11.3 Å². The summed E-state index contributed by atoms with van der Waals surface area (Å²) < 4.78 is 0. The molecule has 0 heterocycles. The minimum absolute atomic E-state index is 0.0677. The van der Waals surface area contributed by atoms with Crippen LogP contribution in [0.2, 0.25) is 0 Å². The number of phenols is 1. The lowest BCUT2D eigenvalue weighted by molar-refractivity contribution is 0.0807. The van der Waals surface area contributed by atoms with E-state index in [0.29, 0.717) is 6.42 Å². The molecular weight excluding hydrogens is 394 g/mol. The summed E-state index contributed by atoms with van der Waals surface area (Å²) >= 11 is 0. The van der Waals surface area contributed by atoms with Gasteiger partial charge in [0.25, 0.3) is 5.91 Å². The van der Waals surface area contributed by atoms with Crippen molar-refractivity contribution < 1.29 is 25.2 Å². The van der Waals surface area contributed by atoms with Crippen LogP contribution in [-0.4, -0.2) is 51.2 Å². The van der Waals surface area contributed by atoms with Crippen LogP contribution in [0.3, 0.4) is 0 Å². The molecule has 1 unspecified atom stereocenters. The zero-order chi connectivity index (χ0) is 22.9. The van der Waals surface area contributed by atoms with E-state index in [1.807, 2.05) is 0 Å². The fraction of sp³-hybridized carbons (Fsp3) is 0.640. The van der Waals surface area contributed by atoms with Crippen LogP contribution < -0.4 is 5.32 Å². The first kappa shape index (κ1) is 27.1. The first-order valence-electron chi connectivity index (χ1n) is 11.7. The van der Waals surface area contributed by atoms with Gasteiger partial charge in [-0.1, -0.05) is 95.4 Å². The number of nitrogens with one attached hydrogen (secondary N) is 1. The van der Waals surface area contributed by atoms with Gasteiger partial charge in [-0.3, -0.25) is 4.79 Å². The Bertz CT molecular complexity index is 634. The van der Waals surface area contributed by atoms with Gasteiger partial charge in [-0.2, -0.15) is 0 Å². The third-order valence-corrected chi connectivity index (χ3v) is 5.46. The maximum Gasteiger partial charge on any atom is 0.255 e. The summed E-state index contributed by atoms with van der Waals surface area (Å²) in [6.45, 7) is 1.75. The molecule has 0 fully saturated rings. The summed E-state index contributed by atoms with van der Waals surface area (Å²) in [6.07, 6.45) is 14.0. The standard InChI is InChI=1S/C25H41NO5/c1-2-3-4-5-6-7-8-9-10-11-14-20(28)17-18-24(30)22(19-27)26-25(31)21-15-12-13-16-23(21)29/h12-13,15-18,20,22,24,27-30H,2-11,14,19H2,1H3,(H,26,31)/b18-17+/t20?,22-,24+/m0/s1. The Morgan fingerprint density at radius 1 is 0.935 bits per heavy atom. The minimum atomic E-state index is -1.15. The Hall–Kier alpha value is -1.89. The van der Waals surface area contributed by atoms with E-state index >= 15 is 0 Å². The maximum atomic E-state index is 12.2. The minimum Gasteiger partial charge on any atom is -0.507 e. The van der Waals surface area contributed by atoms with E-state index in [9.17, 15) is 25.2 Å². The average Bonchev–Trinajstić information content (AvgIpc) is 2.77. The molecule has 6 nitrogen and oxygen atoms in total. The van der Waals surface area contributed by atoms with E-state index in [1.165, 1.54) is 75.7 Å². The summed E-state index contributed by atoms with van der Waals surface area (Å²) in [5, 5.41) is 42.1. The van der Waals surface area contributed by atoms with Gasteiger partial charge in [-0.25, -0.2) is 0 Å². The second-order valence-corrected chi connectivity index (χ2v) is 8.19. The Balaban J connectivity index is 2.25. The molecule has 3 atom stereocenters. The fourth-order valence-electron chi connectivity index (χ4n) is 3.46. The van der Waals surface area contributed by atoms with Crippen LogP contribution in [0, 0.1) is 0 Å². The van der Waals surface area contributed by atoms with Crippen molar-refractivity contribution in [2.45, 2.75) is 95.8 Å². The number of hydrogen-bond acceptors (Lipinski definition) is 5. The zero-order valence-corrected chi connectivity index (χ0v) is 18.9. The number of amides is 1. The number of para-hydroxylation sites is 1. The van der Waals surface area contributed by atoms with Gasteiger partial charge in [0, 0.05) is 0 Å². The van der Waals surface area contributed by atoms with E-state index in [2.05, 4.69) is 12.2 Å². The molecule has 1 rings (SSSR count). The molecule has 0 saturated carbocycles. The fourth-order valence-corrected chi connectivity index (χ4v) is 3.46. The summed E-state index contributed by atoms with van der Waals surface area (Å²) in [5.41, 5.74) is 0.0677. The molecule has 0 aliphatic rings. The number of carbonyl (C=O) groups is 1. The van der Waals surface area contributed by atoms with Crippen LogP contribution in [-0.2, 0) is 0 Å². The monoisotopic (exact) mass is 435 g/mol. The molecule has 1 aromatic rings. The Kier molecular flexibility index (Phi) is 14.7. The Labute approximate surface area is 187 Å². The Morgan fingerprint density at radius 2 is 1.52 bits per heavy atom. The summed E-state index contributed by atoms with van der Waals surface area (Å²) in [7, 11) is 0. The number of aliphatic hydroxyl groups excluding tert-OH is 3. The molecule has 5 N–H and O–H groups in total. The molecule has 0 radical (unpaired) electrons. The third kappa shape index (κ3) is 11.9. The SMILES string of the molecule is CCCCCCCCCCCCC(O)/C=C/[C@@H](O)[C@H](CO)NC(=O)c1ccccc1O. The highest BCUT2D eigenvalue weighted by molar-refractivity contribution is 5.97. The molecule has 1 amide bonds. The van der Waals surface area contributed by atoms with Gasteiger partial charge in [0.05, 0.1) is 30.4 Å². The molecular formula is C25H41NO5. The van der Waals surface area contributed by atoms with Gasteiger partial charge in [0.15, 0.2) is 0 Å². The van der Waals surface area contributed by atoms with Gasteiger partial charge in [-0.15, -0.1) is 0 Å². The molecule has 6 heteroatoms. The number of hydrogen-bond donors (Lipinski definition) is 5. The van der Waals surface area contributed by atoms with Crippen molar-refractivity contribution in [3.05, 3.63) is 42.0 Å². The lowest BCUT2D eigenvalue weighted by Crippen LogP contribution is -2.45. The number of aromatic hydroxyl groups is 1. The summed E-state index contributed by atoms with van der Waals surface area (Å²) in [4.78, 5) is 12.2. The van der Waals surface area contributed by atoms with Crippen molar-refractivity contribution in [3.63, 3.8) is 0 Å². The first-order valence-corrected chi connectivity index (χ1v) is 11.7. The zero-order valence-electron chi connectivity index (χ0n) is 18.9. The largest absolute Gasteiger partial charge is 0.507 e. The second-order valence-electron chi connectivity index (χ2n) is 8.19. The third-order valence-electron chi connectivity index (χ3n) is 5.46. The lowest BCUT2D eigenvalue weighted by atomic mass is 10.0. The van der Waals surface area contributed by atoms with Crippen molar-refractivity contribution in [1.82, 2.24) is 5.32 Å². The number of aliphatic hydroxyl groups is 3. The van der Waals surface area contributed by atoms with Crippen LogP contribution in [0.25, 0.3) is 0 Å². The second kappa shape index (κ2) is 16.8. The van der Waals surface area contributed by atoms with Crippen molar-refractivity contribution >= 4 is 5.91 Å². The van der Waals surface area contributed by atoms with Crippen LogP contribution in [0.4, 0.5) is 0 Å². The van der Waals surface area contributed by atoms with Crippen LogP contribution in [0.5, 0.6) is 5.75 Å². The molecule has 176 valence electrons. The smallest absolute Gasteiger partial charge is 0.255 e. The van der Waals surface area contributed by atoms with Gasteiger partial charge in [0.2, 0.25) is 0 Å². The number of benzene rings is 1. The molecule has 0 spiro atoms. The van der Waals surface area contributed by atoms with Gasteiger partial charge in [0.1, 0.15) is 5.75 Å².